The molecule has 2 heterocycles. The molecule has 19 heavy (non-hydrogen) atoms. The van der Waals surface area contributed by atoms with E-state index in [-0.39, 0.29) is 23.8 Å². The molecule has 1 saturated heterocycles. The highest BCUT2D eigenvalue weighted by Gasteiger charge is 2.26. The van der Waals surface area contributed by atoms with E-state index in [2.05, 4.69) is 10.6 Å². The maximum absolute atomic E-state index is 12.1. The summed E-state index contributed by atoms with van der Waals surface area (Å²) in [4.78, 5) is 23.2. The molecule has 5 heteroatoms. The van der Waals surface area contributed by atoms with Crippen LogP contribution in [0.2, 0.25) is 0 Å². The van der Waals surface area contributed by atoms with Crippen molar-refractivity contribution >= 4 is 11.8 Å². The van der Waals surface area contributed by atoms with Crippen LogP contribution in [-0.2, 0) is 9.59 Å². The van der Waals surface area contributed by atoms with Gasteiger partial charge in [0.15, 0.2) is 0 Å². The molecule has 1 aromatic rings. The van der Waals surface area contributed by atoms with Gasteiger partial charge in [0, 0.05) is 18.5 Å². The number of carbonyl (C=O) groups is 2. The second-order valence-electron chi connectivity index (χ2n) is 5.14. The van der Waals surface area contributed by atoms with Crippen molar-refractivity contribution in [1.82, 2.24) is 10.6 Å². The third-order valence-electron chi connectivity index (χ3n) is 3.54. The van der Waals surface area contributed by atoms with E-state index in [0.29, 0.717) is 19.4 Å². The molecular weight excluding hydrogens is 244 g/mol. The van der Waals surface area contributed by atoms with E-state index in [9.17, 15) is 9.59 Å². The van der Waals surface area contributed by atoms with Crippen LogP contribution >= 0.6 is 0 Å². The van der Waals surface area contributed by atoms with E-state index in [1.54, 1.807) is 0 Å². The van der Waals surface area contributed by atoms with Gasteiger partial charge >= 0.3 is 0 Å². The van der Waals surface area contributed by atoms with Crippen molar-refractivity contribution in [3.8, 4) is 0 Å². The number of aryl methyl sites for hydroxylation is 2. The fourth-order valence-corrected chi connectivity index (χ4v) is 2.45. The van der Waals surface area contributed by atoms with Crippen molar-refractivity contribution in [2.45, 2.75) is 39.7 Å². The van der Waals surface area contributed by atoms with Crippen LogP contribution in [0.25, 0.3) is 0 Å². The average molecular weight is 264 g/mol. The van der Waals surface area contributed by atoms with Gasteiger partial charge in [0.2, 0.25) is 11.8 Å². The first kappa shape index (κ1) is 13.6. The van der Waals surface area contributed by atoms with Crippen molar-refractivity contribution in [2.75, 3.05) is 6.54 Å². The lowest BCUT2D eigenvalue weighted by Crippen LogP contribution is -2.43. The molecule has 0 saturated carbocycles. The van der Waals surface area contributed by atoms with E-state index in [1.807, 2.05) is 26.8 Å². The zero-order valence-electron chi connectivity index (χ0n) is 11.6. The predicted octanol–water partition coefficient (Wildman–Crippen LogP) is 1.60. The molecule has 2 rings (SSSR count). The molecule has 2 amide bonds. The van der Waals surface area contributed by atoms with Gasteiger partial charge in [-0.1, -0.05) is 0 Å². The summed E-state index contributed by atoms with van der Waals surface area (Å²) in [5, 5.41) is 5.71. The van der Waals surface area contributed by atoms with Gasteiger partial charge in [-0.15, -0.1) is 0 Å². The maximum atomic E-state index is 12.1. The van der Waals surface area contributed by atoms with Crippen LogP contribution in [0.1, 0.15) is 42.9 Å². The number of furan rings is 1. The highest BCUT2D eigenvalue weighted by molar-refractivity contribution is 5.83. The van der Waals surface area contributed by atoms with Crippen molar-refractivity contribution in [3.05, 3.63) is 23.2 Å². The molecule has 0 radical (unpaired) electrons. The van der Waals surface area contributed by atoms with Crippen molar-refractivity contribution in [2.24, 2.45) is 5.92 Å². The lowest BCUT2D eigenvalue weighted by atomic mass is 9.97. The second-order valence-corrected chi connectivity index (χ2v) is 5.14. The summed E-state index contributed by atoms with van der Waals surface area (Å²) in [5.41, 5.74) is 1.01. The number of rotatable bonds is 3. The van der Waals surface area contributed by atoms with Gasteiger partial charge in [-0.2, -0.15) is 0 Å². The number of carbonyl (C=O) groups excluding carboxylic acids is 2. The largest absolute Gasteiger partial charge is 0.466 e. The van der Waals surface area contributed by atoms with Gasteiger partial charge < -0.3 is 15.1 Å². The monoisotopic (exact) mass is 264 g/mol. The molecule has 1 aromatic heterocycles. The van der Waals surface area contributed by atoms with Crippen LogP contribution in [-0.4, -0.2) is 18.4 Å². The Balaban J connectivity index is 1.95. The Hall–Kier alpha value is -1.78. The molecule has 1 fully saturated rings. The molecule has 104 valence electrons. The van der Waals surface area contributed by atoms with E-state index < -0.39 is 0 Å². The molecule has 0 bridgehead atoms. The topological polar surface area (TPSA) is 71.3 Å². The van der Waals surface area contributed by atoms with Crippen LogP contribution in [0.4, 0.5) is 0 Å². The number of nitrogens with one attached hydrogen (secondary N) is 2. The summed E-state index contributed by atoms with van der Waals surface area (Å²) in [6, 6.07) is 1.87. The highest BCUT2D eigenvalue weighted by Crippen LogP contribution is 2.22. The lowest BCUT2D eigenvalue weighted by Gasteiger charge is -2.23. The standard InChI is InChI=1S/C14H20N2O3/c1-8-6-12(10(3)19-8)9(2)16-14(18)11-4-5-13(17)15-7-11/h6,9,11H,4-5,7H2,1-3H3,(H,15,17)(H,16,18). The van der Waals surface area contributed by atoms with Crippen LogP contribution in [0.5, 0.6) is 0 Å². The summed E-state index contributed by atoms with van der Waals surface area (Å²) in [6.07, 6.45) is 1.05. The van der Waals surface area contributed by atoms with Gasteiger partial charge in [0.25, 0.3) is 0 Å². The SMILES string of the molecule is Cc1cc(C(C)NC(=O)C2CCC(=O)NC2)c(C)o1. The maximum Gasteiger partial charge on any atom is 0.225 e. The zero-order valence-corrected chi connectivity index (χ0v) is 11.6. The Bertz CT molecular complexity index is 483. The zero-order chi connectivity index (χ0) is 14.0. The molecule has 0 spiro atoms. The van der Waals surface area contributed by atoms with Crippen LogP contribution in [0.3, 0.4) is 0 Å². The lowest BCUT2D eigenvalue weighted by molar-refractivity contribution is -0.129. The van der Waals surface area contributed by atoms with Gasteiger partial charge in [0.05, 0.1) is 12.0 Å². The van der Waals surface area contributed by atoms with E-state index in [4.69, 9.17) is 4.42 Å². The Labute approximate surface area is 112 Å². The van der Waals surface area contributed by atoms with E-state index in [0.717, 1.165) is 17.1 Å². The fraction of sp³-hybridized carbons (Fsp3) is 0.571. The summed E-state index contributed by atoms with van der Waals surface area (Å²) in [5.74, 6) is 1.57. The molecule has 2 N–H and O–H groups in total. The molecule has 5 nitrogen and oxygen atoms in total. The Morgan fingerprint density at radius 2 is 2.26 bits per heavy atom. The van der Waals surface area contributed by atoms with E-state index >= 15 is 0 Å². The van der Waals surface area contributed by atoms with Crippen LogP contribution in [0.15, 0.2) is 10.5 Å². The fourth-order valence-electron chi connectivity index (χ4n) is 2.45. The average Bonchev–Trinajstić information content (AvgIpc) is 2.69. The van der Waals surface area contributed by atoms with Crippen molar-refractivity contribution in [3.63, 3.8) is 0 Å². The quantitative estimate of drug-likeness (QED) is 0.871. The van der Waals surface area contributed by atoms with Gasteiger partial charge in [0.1, 0.15) is 11.5 Å². The minimum atomic E-state index is -0.131. The first-order chi connectivity index (χ1) is 8.97. The Morgan fingerprint density at radius 3 is 2.79 bits per heavy atom. The highest BCUT2D eigenvalue weighted by atomic mass is 16.3. The molecule has 2 unspecified atom stereocenters. The predicted molar refractivity (Wildman–Crippen MR) is 70.5 cm³/mol. The van der Waals surface area contributed by atoms with Crippen LogP contribution in [0, 0.1) is 19.8 Å². The summed E-state index contributed by atoms with van der Waals surface area (Å²) in [6.45, 7) is 6.16. The molecule has 0 aromatic carbocycles. The minimum Gasteiger partial charge on any atom is -0.466 e. The van der Waals surface area contributed by atoms with Gasteiger partial charge in [-0.3, -0.25) is 9.59 Å². The summed E-state index contributed by atoms with van der Waals surface area (Å²) < 4.78 is 5.47. The molecule has 1 aliphatic heterocycles. The van der Waals surface area contributed by atoms with Crippen molar-refractivity contribution < 1.29 is 14.0 Å². The van der Waals surface area contributed by atoms with E-state index in [1.165, 1.54) is 0 Å². The summed E-state index contributed by atoms with van der Waals surface area (Å²) in [7, 11) is 0. The Kier molecular flexibility index (Phi) is 3.93. The van der Waals surface area contributed by atoms with Gasteiger partial charge in [-0.05, 0) is 33.3 Å². The summed E-state index contributed by atoms with van der Waals surface area (Å²) >= 11 is 0. The molecular formula is C14H20N2O3. The second kappa shape index (κ2) is 5.47. The van der Waals surface area contributed by atoms with Gasteiger partial charge in [-0.25, -0.2) is 0 Å². The first-order valence-corrected chi connectivity index (χ1v) is 6.61. The number of piperidine rings is 1. The number of hydrogen-bond donors (Lipinski definition) is 2. The molecule has 1 aliphatic rings. The number of hydrogen-bond acceptors (Lipinski definition) is 3. The van der Waals surface area contributed by atoms with Crippen molar-refractivity contribution in [1.29, 1.82) is 0 Å². The third kappa shape index (κ3) is 3.16. The normalized spacial score (nSPS) is 20.8. The van der Waals surface area contributed by atoms with Crippen LogP contribution < -0.4 is 10.6 Å². The molecule has 2 atom stereocenters. The number of amides is 2. The molecule has 0 aliphatic carbocycles. The minimum absolute atomic E-state index is 0.00856. The Morgan fingerprint density at radius 1 is 1.53 bits per heavy atom. The smallest absolute Gasteiger partial charge is 0.225 e. The first-order valence-electron chi connectivity index (χ1n) is 6.61. The third-order valence-corrected chi connectivity index (χ3v) is 3.54.